The number of hydrogen-bond acceptors (Lipinski definition) is 5. The zero-order chi connectivity index (χ0) is 22.7. The molecule has 1 heterocycles. The quantitative estimate of drug-likeness (QED) is 0.298. The van der Waals surface area contributed by atoms with Crippen LogP contribution in [0, 0.1) is 35.5 Å². The molecule has 1 aliphatic heterocycles. The van der Waals surface area contributed by atoms with Gasteiger partial charge in [0.15, 0.2) is 12.4 Å². The number of benzene rings is 2. The first kappa shape index (κ1) is 20.1. The first-order valence-electron chi connectivity index (χ1n) is 11.4. The topological polar surface area (TPSA) is 80.8 Å². The number of Topliss-reactive ketones (excluding diaryl/α,β-unsaturated/α-hetero) is 1. The van der Waals surface area contributed by atoms with Gasteiger partial charge in [0.1, 0.15) is 6.54 Å². The van der Waals surface area contributed by atoms with Crippen molar-refractivity contribution in [1.29, 1.82) is 0 Å². The Bertz CT molecular complexity index is 1150. The van der Waals surface area contributed by atoms with Crippen molar-refractivity contribution in [3.8, 4) is 11.1 Å². The van der Waals surface area contributed by atoms with Crippen LogP contribution >= 0.6 is 0 Å². The summed E-state index contributed by atoms with van der Waals surface area (Å²) in [6.45, 7) is -0.858. The van der Waals surface area contributed by atoms with Gasteiger partial charge in [-0.1, -0.05) is 66.7 Å². The van der Waals surface area contributed by atoms with Crippen molar-refractivity contribution in [2.75, 3.05) is 13.2 Å². The van der Waals surface area contributed by atoms with Crippen LogP contribution in [0.15, 0.2) is 66.7 Å². The largest absolute Gasteiger partial charge is 0.456 e. The summed E-state index contributed by atoms with van der Waals surface area (Å²) in [7, 11) is 0. The van der Waals surface area contributed by atoms with Crippen molar-refractivity contribution in [3.63, 3.8) is 0 Å². The highest BCUT2D eigenvalue weighted by molar-refractivity contribution is 6.08. The molecule has 6 heteroatoms. The van der Waals surface area contributed by atoms with Crippen LogP contribution in [0.1, 0.15) is 16.8 Å². The summed E-state index contributed by atoms with van der Waals surface area (Å²) in [6.07, 6.45) is 5.27. The molecule has 0 unspecified atom stereocenters. The first-order chi connectivity index (χ1) is 16.0. The summed E-state index contributed by atoms with van der Waals surface area (Å²) in [4.78, 5) is 51.8. The Morgan fingerprint density at radius 1 is 0.818 bits per heavy atom. The minimum Gasteiger partial charge on any atom is -0.456 e. The van der Waals surface area contributed by atoms with Crippen LogP contribution in [0.3, 0.4) is 0 Å². The Morgan fingerprint density at radius 3 is 2.00 bits per heavy atom. The van der Waals surface area contributed by atoms with Crippen LogP contribution in [-0.4, -0.2) is 41.6 Å². The summed E-state index contributed by atoms with van der Waals surface area (Å²) in [5.41, 5.74) is 2.46. The van der Waals surface area contributed by atoms with E-state index in [0.29, 0.717) is 17.4 Å². The highest BCUT2D eigenvalue weighted by Gasteiger charge is 2.67. The number of carbonyl (C=O) groups excluding carboxylic acids is 4. The Balaban J connectivity index is 1.06. The fourth-order valence-electron chi connectivity index (χ4n) is 6.06. The maximum Gasteiger partial charge on any atom is 0.326 e. The molecule has 6 nitrogen and oxygen atoms in total. The average Bonchev–Trinajstić information content (AvgIpc) is 3.64. The molecular formula is C27H23NO5. The van der Waals surface area contributed by atoms with E-state index in [1.165, 1.54) is 0 Å². The number of esters is 1. The van der Waals surface area contributed by atoms with E-state index in [0.717, 1.165) is 22.4 Å². The lowest BCUT2D eigenvalue weighted by Crippen LogP contribution is -2.40. The number of ketones is 1. The molecule has 2 aromatic carbocycles. The molecule has 2 amide bonds. The monoisotopic (exact) mass is 441 g/mol. The van der Waals surface area contributed by atoms with E-state index in [4.69, 9.17) is 4.74 Å². The summed E-state index contributed by atoms with van der Waals surface area (Å²) >= 11 is 0. The minimum absolute atomic E-state index is 0.114. The van der Waals surface area contributed by atoms with Crippen LogP contribution in [0.5, 0.6) is 0 Å². The Morgan fingerprint density at radius 2 is 1.39 bits per heavy atom. The third-order valence-electron chi connectivity index (χ3n) is 7.72. The van der Waals surface area contributed by atoms with Crippen LogP contribution in [0.2, 0.25) is 0 Å². The van der Waals surface area contributed by atoms with Crippen molar-refractivity contribution in [3.05, 3.63) is 72.3 Å². The van der Waals surface area contributed by atoms with Crippen molar-refractivity contribution >= 4 is 23.6 Å². The number of rotatable bonds is 6. The molecule has 3 fully saturated rings. The SMILES string of the molecule is O=C(CN1C(=O)[C@@H]2[C@H]3C=C[C@H]([C@H]4C[C@H]34)[C@@H]2C1=O)OCC(=O)c1ccc(-c2ccccc2)cc1. The van der Waals surface area contributed by atoms with Gasteiger partial charge in [0.25, 0.3) is 0 Å². The molecule has 0 radical (unpaired) electrons. The number of ether oxygens (including phenoxy) is 1. The highest BCUT2D eigenvalue weighted by atomic mass is 16.5. The van der Waals surface area contributed by atoms with E-state index in [1.807, 2.05) is 42.5 Å². The molecule has 6 atom stereocenters. The van der Waals surface area contributed by atoms with Crippen molar-refractivity contribution in [2.24, 2.45) is 35.5 Å². The van der Waals surface area contributed by atoms with Crippen molar-refractivity contribution in [1.82, 2.24) is 4.90 Å². The molecule has 7 rings (SSSR count). The predicted molar refractivity (Wildman–Crippen MR) is 119 cm³/mol. The van der Waals surface area contributed by atoms with Gasteiger partial charge in [-0.15, -0.1) is 0 Å². The zero-order valence-electron chi connectivity index (χ0n) is 17.9. The van der Waals surface area contributed by atoms with E-state index >= 15 is 0 Å². The summed E-state index contributed by atoms with van der Waals surface area (Å²) in [6, 6.07) is 16.9. The van der Waals surface area contributed by atoms with Crippen LogP contribution in [-0.2, 0) is 19.1 Å². The molecule has 1 saturated heterocycles. The van der Waals surface area contributed by atoms with Gasteiger partial charge < -0.3 is 4.74 Å². The van der Waals surface area contributed by atoms with Crippen molar-refractivity contribution in [2.45, 2.75) is 6.42 Å². The average molecular weight is 441 g/mol. The van der Waals surface area contributed by atoms with Gasteiger partial charge in [-0.05, 0) is 41.2 Å². The van der Waals surface area contributed by atoms with Gasteiger partial charge in [-0.25, -0.2) is 0 Å². The number of amides is 2. The van der Waals surface area contributed by atoms with E-state index in [2.05, 4.69) is 12.2 Å². The lowest BCUT2D eigenvalue weighted by molar-refractivity contribution is -0.152. The molecule has 0 spiro atoms. The molecule has 2 saturated carbocycles. The molecule has 33 heavy (non-hydrogen) atoms. The minimum atomic E-state index is -0.741. The Kier molecular flexibility index (Phi) is 4.57. The fourth-order valence-corrected chi connectivity index (χ4v) is 6.06. The van der Waals surface area contributed by atoms with Gasteiger partial charge in [-0.3, -0.25) is 24.1 Å². The number of nitrogens with zero attached hydrogens (tertiary/aromatic N) is 1. The molecule has 0 aromatic heterocycles. The second-order valence-electron chi connectivity index (χ2n) is 9.44. The number of carbonyl (C=O) groups is 4. The lowest BCUT2D eigenvalue weighted by Gasteiger charge is -2.37. The standard InChI is InChI=1S/C27H23NO5/c29-22(17-8-6-16(7-9-17)15-4-2-1-3-5-15)14-33-23(30)13-28-26(31)24-18-10-11-19(21-12-20(18)21)25(24)27(28)32/h1-11,18-21,24-25H,12-14H2/t18-,19+,20-,21-,24+,25-/m1/s1. The molecule has 2 bridgehead atoms. The molecule has 4 aliphatic carbocycles. The number of allylic oxidation sites excluding steroid dienone is 2. The fraction of sp³-hybridized carbons (Fsp3) is 0.333. The summed E-state index contributed by atoms with van der Waals surface area (Å²) in [5.74, 6) is -1.04. The van der Waals surface area contributed by atoms with Gasteiger partial charge in [0, 0.05) is 5.56 Å². The Hall–Kier alpha value is -3.54. The maximum atomic E-state index is 12.9. The maximum absolute atomic E-state index is 12.9. The van der Waals surface area contributed by atoms with Crippen molar-refractivity contribution < 1.29 is 23.9 Å². The second kappa shape index (κ2) is 7.51. The molecular weight excluding hydrogens is 418 g/mol. The third kappa shape index (κ3) is 3.24. The molecule has 5 aliphatic rings. The number of hydrogen-bond donors (Lipinski definition) is 0. The molecule has 166 valence electrons. The van der Waals surface area contributed by atoms with Gasteiger partial charge >= 0.3 is 5.97 Å². The number of likely N-dealkylation sites (tertiary alicyclic amines) is 1. The van der Waals surface area contributed by atoms with E-state index < -0.39 is 19.1 Å². The third-order valence-corrected chi connectivity index (χ3v) is 7.72. The highest BCUT2D eigenvalue weighted by Crippen LogP contribution is 2.65. The van der Waals surface area contributed by atoms with Gasteiger partial charge in [-0.2, -0.15) is 0 Å². The summed E-state index contributed by atoms with van der Waals surface area (Å²) < 4.78 is 5.13. The smallest absolute Gasteiger partial charge is 0.326 e. The lowest BCUT2D eigenvalue weighted by atomic mass is 9.63. The van der Waals surface area contributed by atoms with Gasteiger partial charge in [0.2, 0.25) is 11.8 Å². The van der Waals surface area contributed by atoms with E-state index in [1.54, 1.807) is 12.1 Å². The Labute approximate surface area is 191 Å². The zero-order valence-corrected chi connectivity index (χ0v) is 17.9. The normalized spacial score (nSPS) is 30.7. The molecule has 0 N–H and O–H groups in total. The second-order valence-corrected chi connectivity index (χ2v) is 9.44. The predicted octanol–water partition coefficient (Wildman–Crippen LogP) is 3.13. The van der Waals surface area contributed by atoms with Crippen LogP contribution in [0.4, 0.5) is 0 Å². The van der Waals surface area contributed by atoms with E-state index in [-0.39, 0.29) is 41.3 Å². The first-order valence-corrected chi connectivity index (χ1v) is 11.4. The summed E-state index contributed by atoms with van der Waals surface area (Å²) in [5, 5.41) is 0. The van der Waals surface area contributed by atoms with Gasteiger partial charge in [0.05, 0.1) is 11.8 Å². The molecule has 2 aromatic rings. The van der Waals surface area contributed by atoms with Crippen LogP contribution < -0.4 is 0 Å². The van der Waals surface area contributed by atoms with E-state index in [9.17, 15) is 19.2 Å². The number of imide groups is 1. The van der Waals surface area contributed by atoms with Crippen LogP contribution in [0.25, 0.3) is 11.1 Å².